The van der Waals surface area contributed by atoms with E-state index in [9.17, 15) is 10.2 Å². The van der Waals surface area contributed by atoms with Crippen LogP contribution in [-0.4, -0.2) is 72.8 Å². The number of β-amino-alcohol motifs (C(OH)–C–C–N with tert-alkyl or cyclic N) is 1. The fourth-order valence-corrected chi connectivity index (χ4v) is 3.46. The summed E-state index contributed by atoms with van der Waals surface area (Å²) >= 11 is 5.85. The van der Waals surface area contributed by atoms with Gasteiger partial charge in [0.2, 0.25) is 0 Å². The van der Waals surface area contributed by atoms with E-state index in [2.05, 4.69) is 16.1 Å². The molecule has 0 radical (unpaired) electrons. The number of hydrogen-bond acceptors (Lipinski definition) is 6. The molecule has 1 aromatic rings. The minimum atomic E-state index is -0.588. The lowest BCUT2D eigenvalue weighted by molar-refractivity contribution is 0.0373. The van der Waals surface area contributed by atoms with Gasteiger partial charge in [-0.05, 0) is 63.2 Å². The number of halogens is 1. The highest BCUT2D eigenvalue weighted by atomic mass is 35.5. The zero-order chi connectivity index (χ0) is 22.5. The van der Waals surface area contributed by atoms with Crippen LogP contribution in [0.2, 0.25) is 5.02 Å². The first kappa shape index (κ1) is 25.3. The average molecular weight is 449 g/mol. The van der Waals surface area contributed by atoms with Gasteiger partial charge in [-0.2, -0.15) is 0 Å². The van der Waals surface area contributed by atoms with Crippen molar-refractivity contribution in [3.8, 4) is 18.1 Å². The van der Waals surface area contributed by atoms with Crippen LogP contribution in [0, 0.1) is 12.3 Å². The number of terminal acetylenes is 1. The molecule has 7 heteroatoms. The van der Waals surface area contributed by atoms with Gasteiger partial charge in [0.05, 0.1) is 0 Å². The van der Waals surface area contributed by atoms with Crippen molar-refractivity contribution >= 4 is 11.6 Å². The molecule has 31 heavy (non-hydrogen) atoms. The predicted octanol–water partition coefficient (Wildman–Crippen LogP) is 2.60. The van der Waals surface area contributed by atoms with Gasteiger partial charge >= 0.3 is 0 Å². The van der Waals surface area contributed by atoms with Gasteiger partial charge in [-0.3, -0.25) is 0 Å². The summed E-state index contributed by atoms with van der Waals surface area (Å²) in [5, 5.41) is 24.5. The van der Waals surface area contributed by atoms with Gasteiger partial charge in [-0.1, -0.05) is 23.6 Å². The van der Waals surface area contributed by atoms with Gasteiger partial charge in [0.25, 0.3) is 0 Å². The van der Waals surface area contributed by atoms with Gasteiger partial charge in [0, 0.05) is 30.2 Å². The zero-order valence-corrected chi connectivity index (χ0v) is 18.8. The molecule has 1 fully saturated rings. The quantitative estimate of drug-likeness (QED) is 0.259. The summed E-state index contributed by atoms with van der Waals surface area (Å²) < 4.78 is 11.1. The molecule has 1 saturated heterocycles. The average Bonchev–Trinajstić information content (AvgIpc) is 2.77. The third kappa shape index (κ3) is 10.2. The molecule has 1 aliphatic heterocycles. The molecule has 3 N–H and O–H groups in total. The summed E-state index contributed by atoms with van der Waals surface area (Å²) in [4.78, 5) is 2.23. The molecule has 0 aromatic heterocycles. The second-order valence-electron chi connectivity index (χ2n) is 7.58. The van der Waals surface area contributed by atoms with Crippen molar-refractivity contribution in [1.29, 1.82) is 0 Å². The minimum absolute atomic E-state index is 0.204. The van der Waals surface area contributed by atoms with E-state index in [1.807, 2.05) is 13.0 Å². The van der Waals surface area contributed by atoms with Gasteiger partial charge in [0.1, 0.15) is 36.9 Å². The molecular weight excluding hydrogens is 416 g/mol. The van der Waals surface area contributed by atoms with E-state index in [0.717, 1.165) is 25.9 Å². The lowest BCUT2D eigenvalue weighted by atomic mass is 10.0. The lowest BCUT2D eigenvalue weighted by Crippen LogP contribution is -2.47. The van der Waals surface area contributed by atoms with E-state index in [1.165, 1.54) is 0 Å². The van der Waals surface area contributed by atoms with Crippen LogP contribution in [0.1, 0.15) is 19.8 Å². The summed E-state index contributed by atoms with van der Waals surface area (Å²) in [5.41, 5.74) is 0. The highest BCUT2D eigenvalue weighted by Crippen LogP contribution is 2.16. The molecule has 1 aliphatic rings. The fraction of sp³-hybridized carbons (Fsp3) is 0.500. The maximum Gasteiger partial charge on any atom is 0.127 e. The summed E-state index contributed by atoms with van der Waals surface area (Å²) in [6.07, 6.45) is 11.2. The molecule has 170 valence electrons. The number of likely N-dealkylation sites (tertiary alicyclic amines) is 1. The van der Waals surface area contributed by atoms with Crippen molar-refractivity contribution in [2.24, 2.45) is 0 Å². The first-order valence-corrected chi connectivity index (χ1v) is 11.0. The number of aliphatic hydroxyl groups excluding tert-OH is 2. The highest BCUT2D eigenvalue weighted by molar-refractivity contribution is 6.30. The molecule has 0 aliphatic carbocycles. The maximum absolute atomic E-state index is 10.3. The molecule has 2 unspecified atom stereocenters. The highest BCUT2D eigenvalue weighted by Gasteiger charge is 2.21. The van der Waals surface area contributed by atoms with E-state index in [4.69, 9.17) is 27.5 Å². The van der Waals surface area contributed by atoms with E-state index in [-0.39, 0.29) is 13.2 Å². The van der Waals surface area contributed by atoms with Gasteiger partial charge in [-0.25, -0.2) is 0 Å². The van der Waals surface area contributed by atoms with Gasteiger partial charge < -0.3 is 29.9 Å². The smallest absolute Gasteiger partial charge is 0.127 e. The standard InChI is InChI=1S/C24H33ClN2O4/c1-3-5-23(6-4-2)31-18-22(29)16-27-13-11-20(12-14-27)26-15-21(28)17-30-24-9-7-19(25)8-10-24/h1,4-10,20-22,26,28-29H,11-18H2,2H3/b6-4-,23-5+. The topological polar surface area (TPSA) is 74.2 Å². The first-order chi connectivity index (χ1) is 15.0. The van der Waals surface area contributed by atoms with Crippen LogP contribution in [0.15, 0.2) is 48.3 Å². The normalized spacial score (nSPS) is 18.0. The minimum Gasteiger partial charge on any atom is -0.491 e. The number of rotatable bonds is 12. The van der Waals surface area contributed by atoms with Crippen molar-refractivity contribution < 1.29 is 19.7 Å². The lowest BCUT2D eigenvalue weighted by Gasteiger charge is -2.33. The van der Waals surface area contributed by atoms with Crippen LogP contribution in [0.5, 0.6) is 5.75 Å². The molecule has 1 aromatic carbocycles. The molecule has 6 nitrogen and oxygen atoms in total. The molecule has 1 heterocycles. The van der Waals surface area contributed by atoms with Crippen molar-refractivity contribution in [1.82, 2.24) is 10.2 Å². The van der Waals surface area contributed by atoms with Crippen molar-refractivity contribution in [3.63, 3.8) is 0 Å². The Hall–Kier alpha value is -2.01. The van der Waals surface area contributed by atoms with Crippen LogP contribution in [0.4, 0.5) is 0 Å². The Kier molecular flexibility index (Phi) is 11.5. The van der Waals surface area contributed by atoms with Crippen LogP contribution in [-0.2, 0) is 4.74 Å². The van der Waals surface area contributed by atoms with Gasteiger partial charge in [0.15, 0.2) is 0 Å². The van der Waals surface area contributed by atoms with Crippen LogP contribution in [0.25, 0.3) is 0 Å². The van der Waals surface area contributed by atoms with E-state index < -0.39 is 12.2 Å². The number of nitrogens with zero attached hydrogens (tertiary/aromatic N) is 1. The number of ether oxygens (including phenoxy) is 2. The fourth-order valence-electron chi connectivity index (χ4n) is 3.33. The SMILES string of the molecule is C#C/C=C(\C=C/C)OCC(O)CN1CCC(NCC(O)COc2ccc(Cl)cc2)CC1. The Bertz CT molecular complexity index is 737. The van der Waals surface area contributed by atoms with Crippen molar-refractivity contribution in [2.45, 2.75) is 38.0 Å². The largest absolute Gasteiger partial charge is 0.491 e. The Balaban J connectivity index is 1.59. The molecule has 0 saturated carbocycles. The summed E-state index contributed by atoms with van der Waals surface area (Å²) in [6.45, 7) is 5.11. The molecule has 0 spiro atoms. The second kappa shape index (κ2) is 14.1. The number of benzene rings is 1. The number of hydrogen-bond donors (Lipinski definition) is 3. The van der Waals surface area contributed by atoms with Crippen molar-refractivity contribution in [2.75, 3.05) is 39.4 Å². The van der Waals surface area contributed by atoms with Gasteiger partial charge in [-0.15, -0.1) is 6.42 Å². The summed E-state index contributed by atoms with van der Waals surface area (Å²) in [7, 11) is 0. The van der Waals surface area contributed by atoms with Crippen molar-refractivity contribution in [3.05, 3.63) is 53.3 Å². The molecular formula is C24H33ClN2O4. The number of piperidine rings is 1. The monoisotopic (exact) mass is 448 g/mol. The van der Waals surface area contributed by atoms with Crippen LogP contribution >= 0.6 is 11.6 Å². The first-order valence-electron chi connectivity index (χ1n) is 10.6. The number of nitrogens with one attached hydrogen (secondary N) is 1. The van der Waals surface area contributed by atoms with E-state index in [1.54, 1.807) is 36.4 Å². The summed E-state index contributed by atoms with van der Waals surface area (Å²) in [6, 6.07) is 7.42. The zero-order valence-electron chi connectivity index (χ0n) is 18.0. The third-order valence-electron chi connectivity index (χ3n) is 4.95. The molecule has 2 atom stereocenters. The second-order valence-corrected chi connectivity index (χ2v) is 8.02. The number of allylic oxidation sites excluding steroid dienone is 3. The molecule has 0 amide bonds. The van der Waals surface area contributed by atoms with Crippen LogP contribution in [0.3, 0.4) is 0 Å². The third-order valence-corrected chi connectivity index (χ3v) is 5.21. The Morgan fingerprint density at radius 2 is 1.97 bits per heavy atom. The van der Waals surface area contributed by atoms with E-state index in [0.29, 0.717) is 35.7 Å². The Labute approximate surface area is 190 Å². The summed E-state index contributed by atoms with van der Waals surface area (Å²) in [5.74, 6) is 3.69. The molecule has 2 rings (SSSR count). The van der Waals surface area contributed by atoms with Crippen LogP contribution < -0.4 is 10.1 Å². The Morgan fingerprint density at radius 3 is 2.61 bits per heavy atom. The molecule has 0 bridgehead atoms. The van der Waals surface area contributed by atoms with E-state index >= 15 is 0 Å². The predicted molar refractivity (Wildman–Crippen MR) is 124 cm³/mol. The maximum atomic E-state index is 10.3. The number of aliphatic hydroxyl groups is 2. The Morgan fingerprint density at radius 1 is 1.26 bits per heavy atom.